The normalized spacial score (nSPS) is 30.2. The highest BCUT2D eigenvalue weighted by molar-refractivity contribution is 7.96. The molecule has 0 bridgehead atoms. The van der Waals surface area contributed by atoms with Gasteiger partial charge < -0.3 is 14.9 Å². The summed E-state index contributed by atoms with van der Waals surface area (Å²) < 4.78 is 6.12. The lowest BCUT2D eigenvalue weighted by Crippen LogP contribution is -2.43. The molecule has 0 aliphatic heterocycles. The van der Waals surface area contributed by atoms with E-state index in [0.717, 1.165) is 19.3 Å². The molecule has 0 saturated carbocycles. The number of carbonyl (C=O) groups excluding carboxylic acids is 2. The number of thiol groups is 1. The quantitative estimate of drug-likeness (QED) is 0.336. The second kappa shape index (κ2) is 11.2. The first kappa shape index (κ1) is 26.1. The van der Waals surface area contributed by atoms with Crippen molar-refractivity contribution in [3.05, 3.63) is 23.8 Å². The molecule has 5 nitrogen and oxygen atoms in total. The Morgan fingerprint density at radius 2 is 1.94 bits per heavy atom. The standard InChI is InChI=1S/C25H40O5S/c1-6-25(4,5)24(29)30-21-12-15(2)11-17-8-7-16(3)20(23(17)21)10-9-18(26)13-19(27)14-22(28)31/h7-8,11,15-16,18-21,23,26-27H,6,9-10,12-14H2,1-5H3,(H,28,31). The van der Waals surface area contributed by atoms with Crippen LogP contribution in [0.15, 0.2) is 23.8 Å². The Labute approximate surface area is 192 Å². The van der Waals surface area contributed by atoms with E-state index < -0.39 is 17.6 Å². The molecule has 6 heteroatoms. The van der Waals surface area contributed by atoms with Crippen molar-refractivity contribution in [2.24, 2.45) is 29.1 Å². The van der Waals surface area contributed by atoms with Gasteiger partial charge in [-0.05, 0) is 69.3 Å². The van der Waals surface area contributed by atoms with Gasteiger partial charge in [0.2, 0.25) is 0 Å². The summed E-state index contributed by atoms with van der Waals surface area (Å²) in [7, 11) is 0. The van der Waals surface area contributed by atoms with Gasteiger partial charge in [0.05, 0.1) is 17.6 Å². The predicted octanol–water partition coefficient (Wildman–Crippen LogP) is 4.48. The van der Waals surface area contributed by atoms with Crippen LogP contribution in [0.25, 0.3) is 0 Å². The van der Waals surface area contributed by atoms with Gasteiger partial charge in [0, 0.05) is 12.3 Å². The van der Waals surface area contributed by atoms with Crippen molar-refractivity contribution >= 4 is 23.7 Å². The van der Waals surface area contributed by atoms with Crippen molar-refractivity contribution in [3.8, 4) is 0 Å². The smallest absolute Gasteiger partial charge is 0.311 e. The lowest BCUT2D eigenvalue weighted by molar-refractivity contribution is -0.164. The van der Waals surface area contributed by atoms with Gasteiger partial charge in [0.1, 0.15) is 6.10 Å². The Balaban J connectivity index is 2.12. The van der Waals surface area contributed by atoms with E-state index in [4.69, 9.17) is 4.74 Å². The summed E-state index contributed by atoms with van der Waals surface area (Å²) in [4.78, 5) is 23.9. The first-order valence-electron chi connectivity index (χ1n) is 11.6. The van der Waals surface area contributed by atoms with Crippen molar-refractivity contribution in [2.45, 2.75) is 91.5 Å². The molecule has 176 valence electrons. The molecule has 0 amide bonds. The van der Waals surface area contributed by atoms with Crippen LogP contribution in [0.1, 0.15) is 73.1 Å². The largest absolute Gasteiger partial charge is 0.461 e. The summed E-state index contributed by atoms with van der Waals surface area (Å²) in [5.41, 5.74) is 0.719. The number of allylic oxidation sites excluding steroid dienone is 3. The van der Waals surface area contributed by atoms with Gasteiger partial charge >= 0.3 is 5.97 Å². The molecule has 0 heterocycles. The maximum atomic E-state index is 12.8. The fourth-order valence-electron chi connectivity index (χ4n) is 4.76. The molecule has 2 aliphatic rings. The third-order valence-corrected chi connectivity index (χ3v) is 7.26. The van der Waals surface area contributed by atoms with Crippen molar-refractivity contribution in [2.75, 3.05) is 0 Å². The van der Waals surface area contributed by atoms with Gasteiger partial charge in [0.15, 0.2) is 5.12 Å². The summed E-state index contributed by atoms with van der Waals surface area (Å²) in [6.07, 6.45) is 7.87. The van der Waals surface area contributed by atoms with Crippen molar-refractivity contribution < 1.29 is 24.5 Å². The van der Waals surface area contributed by atoms with Crippen molar-refractivity contribution in [1.82, 2.24) is 0 Å². The van der Waals surface area contributed by atoms with E-state index in [2.05, 4.69) is 44.7 Å². The maximum Gasteiger partial charge on any atom is 0.311 e. The Hall–Kier alpha value is -1.11. The molecule has 2 rings (SSSR count). The minimum atomic E-state index is -0.875. The van der Waals surface area contributed by atoms with Gasteiger partial charge in [-0.3, -0.25) is 9.59 Å². The number of fused-ring (bicyclic) bond motifs is 1. The number of ether oxygens (including phenoxy) is 1. The zero-order valence-electron chi connectivity index (χ0n) is 19.6. The molecule has 31 heavy (non-hydrogen) atoms. The highest BCUT2D eigenvalue weighted by Gasteiger charge is 2.42. The molecule has 0 aromatic carbocycles. The minimum Gasteiger partial charge on any atom is -0.461 e. The van der Waals surface area contributed by atoms with Crippen LogP contribution in [0.4, 0.5) is 0 Å². The molecule has 2 aliphatic carbocycles. The molecule has 0 aromatic rings. The van der Waals surface area contributed by atoms with Crippen LogP contribution >= 0.6 is 12.6 Å². The van der Waals surface area contributed by atoms with Crippen LogP contribution in [0.3, 0.4) is 0 Å². The third-order valence-electron chi connectivity index (χ3n) is 7.08. The van der Waals surface area contributed by atoms with Crippen molar-refractivity contribution in [3.63, 3.8) is 0 Å². The second-order valence-corrected chi connectivity index (χ2v) is 10.7. The molecule has 0 radical (unpaired) electrons. The Bertz CT molecular complexity index is 698. The number of aliphatic hydroxyl groups is 2. The monoisotopic (exact) mass is 452 g/mol. The first-order valence-corrected chi connectivity index (χ1v) is 12.1. The first-order chi connectivity index (χ1) is 14.4. The van der Waals surface area contributed by atoms with Gasteiger partial charge in [0.25, 0.3) is 0 Å². The fraction of sp³-hybridized carbons (Fsp3) is 0.760. The highest BCUT2D eigenvalue weighted by Crippen LogP contribution is 2.45. The summed E-state index contributed by atoms with van der Waals surface area (Å²) in [5, 5.41) is 20.0. The SMILES string of the molecule is CCC(C)(C)C(=O)OC1CC(C)C=C2C=CC(C)C(CCC(O)CC(O)CC(=O)S)C21. The molecular formula is C25H40O5S. The number of hydrogen-bond donors (Lipinski definition) is 3. The van der Waals surface area contributed by atoms with E-state index in [1.54, 1.807) is 0 Å². The van der Waals surface area contributed by atoms with E-state index in [1.807, 2.05) is 20.8 Å². The van der Waals surface area contributed by atoms with Gasteiger partial charge in [-0.1, -0.05) is 39.0 Å². The van der Waals surface area contributed by atoms with E-state index in [1.165, 1.54) is 5.57 Å². The van der Waals surface area contributed by atoms with Gasteiger partial charge in [-0.25, -0.2) is 0 Å². The van der Waals surface area contributed by atoms with Crippen LogP contribution in [0, 0.1) is 29.1 Å². The van der Waals surface area contributed by atoms with E-state index in [0.29, 0.717) is 18.3 Å². The highest BCUT2D eigenvalue weighted by atomic mass is 32.1. The molecule has 7 unspecified atom stereocenters. The van der Waals surface area contributed by atoms with Gasteiger partial charge in [-0.15, -0.1) is 12.6 Å². The van der Waals surface area contributed by atoms with Crippen molar-refractivity contribution in [1.29, 1.82) is 0 Å². The zero-order chi connectivity index (χ0) is 23.3. The maximum absolute atomic E-state index is 12.8. The lowest BCUT2D eigenvalue weighted by atomic mass is 9.65. The summed E-state index contributed by atoms with van der Waals surface area (Å²) in [5.74, 6) is 0.849. The van der Waals surface area contributed by atoms with Gasteiger partial charge in [-0.2, -0.15) is 0 Å². The average molecular weight is 453 g/mol. The molecule has 0 spiro atoms. The molecule has 0 aromatic heterocycles. The number of hydrogen-bond acceptors (Lipinski definition) is 5. The Morgan fingerprint density at radius 1 is 1.26 bits per heavy atom. The molecule has 2 N–H and O–H groups in total. The molecular weight excluding hydrogens is 412 g/mol. The van der Waals surface area contributed by atoms with Crippen LogP contribution in [0.5, 0.6) is 0 Å². The number of carbonyl (C=O) groups is 2. The summed E-state index contributed by atoms with van der Waals surface area (Å²) in [6.45, 7) is 10.2. The van der Waals surface area contributed by atoms with Crippen LogP contribution < -0.4 is 0 Å². The molecule has 0 fully saturated rings. The average Bonchev–Trinajstić information content (AvgIpc) is 2.66. The fourth-order valence-corrected chi connectivity index (χ4v) is 4.98. The number of rotatable bonds is 10. The summed E-state index contributed by atoms with van der Waals surface area (Å²) >= 11 is 3.69. The zero-order valence-corrected chi connectivity index (χ0v) is 20.5. The molecule has 7 atom stereocenters. The van der Waals surface area contributed by atoms with E-state index in [9.17, 15) is 19.8 Å². The Kier molecular flexibility index (Phi) is 9.41. The second-order valence-electron chi connectivity index (χ2n) is 10.2. The third kappa shape index (κ3) is 7.19. The van der Waals surface area contributed by atoms with E-state index >= 15 is 0 Å². The van der Waals surface area contributed by atoms with E-state index in [-0.39, 0.29) is 41.9 Å². The van der Waals surface area contributed by atoms with Crippen LogP contribution in [-0.4, -0.2) is 39.6 Å². The van der Waals surface area contributed by atoms with Crippen LogP contribution in [0.2, 0.25) is 0 Å². The molecule has 0 saturated heterocycles. The Morgan fingerprint density at radius 3 is 2.55 bits per heavy atom. The number of esters is 1. The number of aliphatic hydroxyl groups excluding tert-OH is 2. The minimum absolute atomic E-state index is 0.0542. The lowest BCUT2D eigenvalue weighted by Gasteiger charge is -2.44. The predicted molar refractivity (Wildman–Crippen MR) is 126 cm³/mol. The van der Waals surface area contributed by atoms with Crippen LogP contribution in [-0.2, 0) is 14.3 Å². The summed E-state index contributed by atoms with van der Waals surface area (Å²) in [6, 6.07) is 0. The topological polar surface area (TPSA) is 83.8 Å².